The van der Waals surface area contributed by atoms with Gasteiger partial charge in [-0.2, -0.15) is 0 Å². The second-order valence-electron chi connectivity index (χ2n) is 6.04. The van der Waals surface area contributed by atoms with Gasteiger partial charge in [0.2, 0.25) is 5.91 Å². The number of hydrogen-bond donors (Lipinski definition) is 1. The number of fused-ring (bicyclic) bond motifs is 1. The normalized spacial score (nSPS) is 11.9. The predicted molar refractivity (Wildman–Crippen MR) is 105 cm³/mol. The van der Waals surface area contributed by atoms with Crippen molar-refractivity contribution in [3.05, 3.63) is 53.3 Å². The van der Waals surface area contributed by atoms with Gasteiger partial charge in [-0.25, -0.2) is 9.78 Å². The maximum absolute atomic E-state index is 12.7. The molecule has 0 saturated carbocycles. The summed E-state index contributed by atoms with van der Waals surface area (Å²) in [7, 11) is 1.55. The summed E-state index contributed by atoms with van der Waals surface area (Å²) in [4.78, 5) is 29.2. The lowest BCUT2D eigenvalue weighted by atomic mass is 10.1. The number of pyridine rings is 1. The average Bonchev–Trinajstić information content (AvgIpc) is 3.04. The first-order valence-corrected chi connectivity index (χ1v) is 9.08. The van der Waals surface area contributed by atoms with Crippen LogP contribution in [0.5, 0.6) is 5.75 Å². The van der Waals surface area contributed by atoms with E-state index in [0.717, 1.165) is 5.56 Å². The van der Waals surface area contributed by atoms with Crippen LogP contribution in [0.3, 0.4) is 0 Å². The molecule has 8 heteroatoms. The first-order valence-electron chi connectivity index (χ1n) is 8.70. The maximum Gasteiger partial charge on any atom is 0.334 e. The van der Waals surface area contributed by atoms with Crippen LogP contribution in [0.15, 0.2) is 42.6 Å². The van der Waals surface area contributed by atoms with Crippen LogP contribution >= 0.6 is 11.6 Å². The Bertz CT molecular complexity index is 1010. The minimum Gasteiger partial charge on any atom is -0.495 e. The highest BCUT2D eigenvalue weighted by Gasteiger charge is 2.30. The highest BCUT2D eigenvalue weighted by Crippen LogP contribution is 2.32. The number of rotatable bonds is 6. The standard InChI is InChI=1S/C20H20ClN3O4/c1-4-28-20(26)18(22-12(2)25)19-17(13-5-7-14(21)8-6-13)23-16-10-9-15(27-3)11-24(16)19/h5-11,18H,4H2,1-3H3,(H,22,25). The Morgan fingerprint density at radius 2 is 1.93 bits per heavy atom. The molecule has 0 aliphatic carbocycles. The molecule has 0 spiro atoms. The molecule has 2 heterocycles. The fourth-order valence-electron chi connectivity index (χ4n) is 2.93. The van der Waals surface area contributed by atoms with Gasteiger partial charge in [0.25, 0.3) is 0 Å². The largest absolute Gasteiger partial charge is 0.495 e. The highest BCUT2D eigenvalue weighted by atomic mass is 35.5. The molecule has 1 N–H and O–H groups in total. The average molecular weight is 402 g/mol. The van der Waals surface area contributed by atoms with E-state index in [-0.39, 0.29) is 12.5 Å². The maximum atomic E-state index is 12.7. The predicted octanol–water partition coefficient (Wildman–Crippen LogP) is 3.40. The number of carbonyl (C=O) groups is 2. The van der Waals surface area contributed by atoms with Crippen molar-refractivity contribution in [3.63, 3.8) is 0 Å². The molecule has 0 aliphatic heterocycles. The number of benzene rings is 1. The summed E-state index contributed by atoms with van der Waals surface area (Å²) in [5, 5.41) is 3.26. The van der Waals surface area contributed by atoms with Gasteiger partial charge >= 0.3 is 5.97 Å². The second-order valence-corrected chi connectivity index (χ2v) is 6.47. The van der Waals surface area contributed by atoms with E-state index in [2.05, 4.69) is 10.3 Å². The summed E-state index contributed by atoms with van der Waals surface area (Å²) in [6.07, 6.45) is 1.71. The van der Waals surface area contributed by atoms with Crippen LogP contribution in [0.25, 0.3) is 16.9 Å². The Kier molecular flexibility index (Phi) is 5.84. The smallest absolute Gasteiger partial charge is 0.334 e. The van der Waals surface area contributed by atoms with E-state index >= 15 is 0 Å². The van der Waals surface area contributed by atoms with Crippen molar-refractivity contribution in [3.8, 4) is 17.0 Å². The number of halogens is 1. The molecule has 0 bridgehead atoms. The second kappa shape index (κ2) is 8.31. The first kappa shape index (κ1) is 19.7. The fourth-order valence-corrected chi connectivity index (χ4v) is 3.05. The molecule has 28 heavy (non-hydrogen) atoms. The van der Waals surface area contributed by atoms with E-state index in [4.69, 9.17) is 21.1 Å². The third-order valence-electron chi connectivity index (χ3n) is 4.13. The van der Waals surface area contributed by atoms with E-state index in [0.29, 0.717) is 27.8 Å². The van der Waals surface area contributed by atoms with E-state index in [9.17, 15) is 9.59 Å². The summed E-state index contributed by atoms with van der Waals surface area (Å²) < 4.78 is 12.2. The van der Waals surface area contributed by atoms with Gasteiger partial charge in [-0.15, -0.1) is 0 Å². The first-order chi connectivity index (χ1) is 13.4. The van der Waals surface area contributed by atoms with Crippen LogP contribution in [0.2, 0.25) is 5.02 Å². The van der Waals surface area contributed by atoms with Gasteiger partial charge in [0, 0.05) is 17.5 Å². The number of aromatic nitrogens is 2. The van der Waals surface area contributed by atoms with Crippen LogP contribution < -0.4 is 10.1 Å². The van der Waals surface area contributed by atoms with Crippen molar-refractivity contribution in [2.75, 3.05) is 13.7 Å². The topological polar surface area (TPSA) is 81.9 Å². The number of amides is 1. The number of ether oxygens (including phenoxy) is 2. The van der Waals surface area contributed by atoms with Crippen LogP contribution in [-0.4, -0.2) is 35.0 Å². The molecular weight excluding hydrogens is 382 g/mol. The molecular formula is C20H20ClN3O4. The Hall–Kier alpha value is -3.06. The SMILES string of the molecule is CCOC(=O)C(NC(C)=O)c1c(-c2ccc(Cl)cc2)nc2ccc(OC)cn12. The summed E-state index contributed by atoms with van der Waals surface area (Å²) in [6.45, 7) is 3.24. The summed E-state index contributed by atoms with van der Waals surface area (Å²) >= 11 is 6.01. The number of methoxy groups -OCH3 is 1. The van der Waals surface area contributed by atoms with E-state index in [1.165, 1.54) is 6.92 Å². The summed E-state index contributed by atoms with van der Waals surface area (Å²) in [5.41, 5.74) is 2.36. The van der Waals surface area contributed by atoms with Gasteiger partial charge in [0.05, 0.1) is 31.3 Å². The number of nitrogens with zero attached hydrogens (tertiary/aromatic N) is 2. The van der Waals surface area contributed by atoms with E-state index in [1.54, 1.807) is 61.0 Å². The number of nitrogens with one attached hydrogen (secondary N) is 1. The monoisotopic (exact) mass is 401 g/mol. The Morgan fingerprint density at radius 3 is 2.54 bits per heavy atom. The van der Waals surface area contributed by atoms with Crippen molar-refractivity contribution in [1.82, 2.24) is 14.7 Å². The van der Waals surface area contributed by atoms with Crippen molar-refractivity contribution in [2.45, 2.75) is 19.9 Å². The molecule has 146 valence electrons. The van der Waals surface area contributed by atoms with Crippen LogP contribution in [0, 0.1) is 0 Å². The number of esters is 1. The third-order valence-corrected chi connectivity index (χ3v) is 4.38. The van der Waals surface area contributed by atoms with Crippen LogP contribution in [0.1, 0.15) is 25.6 Å². The fraction of sp³-hybridized carbons (Fsp3) is 0.250. The van der Waals surface area contributed by atoms with E-state index < -0.39 is 12.0 Å². The molecule has 7 nitrogen and oxygen atoms in total. The van der Waals surface area contributed by atoms with Crippen LogP contribution in [0.4, 0.5) is 0 Å². The molecule has 1 atom stereocenters. The molecule has 0 saturated heterocycles. The molecule has 3 aromatic rings. The Labute approximate surface area is 167 Å². The lowest BCUT2D eigenvalue weighted by Crippen LogP contribution is -2.34. The molecule has 1 unspecified atom stereocenters. The minimum atomic E-state index is -1.04. The van der Waals surface area contributed by atoms with Crippen LogP contribution in [-0.2, 0) is 14.3 Å². The lowest BCUT2D eigenvalue weighted by Gasteiger charge is -2.18. The van der Waals surface area contributed by atoms with Gasteiger partial charge in [0.1, 0.15) is 11.4 Å². The number of imidazole rings is 1. The number of carbonyl (C=O) groups excluding carboxylic acids is 2. The van der Waals surface area contributed by atoms with E-state index in [1.807, 2.05) is 0 Å². The quantitative estimate of drug-likeness (QED) is 0.640. The zero-order chi connectivity index (χ0) is 20.3. The van der Waals surface area contributed by atoms with Gasteiger partial charge in [-0.3, -0.25) is 9.20 Å². The molecule has 1 amide bonds. The van der Waals surface area contributed by atoms with Gasteiger partial charge in [-0.05, 0) is 31.2 Å². The van der Waals surface area contributed by atoms with Crippen molar-refractivity contribution >= 4 is 29.1 Å². The molecule has 2 aromatic heterocycles. The molecule has 0 aliphatic rings. The van der Waals surface area contributed by atoms with Gasteiger partial charge in [0.15, 0.2) is 6.04 Å². The third kappa shape index (κ3) is 3.94. The summed E-state index contributed by atoms with van der Waals surface area (Å²) in [6, 6.07) is 9.60. The molecule has 1 aromatic carbocycles. The highest BCUT2D eigenvalue weighted by molar-refractivity contribution is 6.30. The Balaban J connectivity index is 2.28. The number of hydrogen-bond acceptors (Lipinski definition) is 5. The van der Waals surface area contributed by atoms with Crippen molar-refractivity contribution < 1.29 is 19.1 Å². The molecule has 0 radical (unpaired) electrons. The zero-order valence-electron chi connectivity index (χ0n) is 15.7. The van der Waals surface area contributed by atoms with Crippen molar-refractivity contribution in [1.29, 1.82) is 0 Å². The zero-order valence-corrected chi connectivity index (χ0v) is 16.5. The molecule has 3 rings (SSSR count). The molecule has 0 fully saturated rings. The summed E-state index contributed by atoms with van der Waals surface area (Å²) in [5.74, 6) is -0.352. The lowest BCUT2D eigenvalue weighted by molar-refractivity contribution is -0.147. The van der Waals surface area contributed by atoms with Crippen molar-refractivity contribution in [2.24, 2.45) is 0 Å². The van der Waals surface area contributed by atoms with Gasteiger partial charge < -0.3 is 14.8 Å². The Morgan fingerprint density at radius 1 is 1.21 bits per heavy atom. The minimum absolute atomic E-state index is 0.186. The van der Waals surface area contributed by atoms with Gasteiger partial charge in [-0.1, -0.05) is 23.7 Å².